The monoisotopic (exact) mass is 722 g/mol. The van der Waals surface area contributed by atoms with Gasteiger partial charge in [-0.3, -0.25) is 0 Å². The third kappa shape index (κ3) is 7.71. The van der Waals surface area contributed by atoms with Crippen LogP contribution in [0.1, 0.15) is 31.1 Å². The molecule has 0 aliphatic carbocycles. The number of carbonyl (C=O) groups is 3. The summed E-state index contributed by atoms with van der Waals surface area (Å²) in [5.41, 5.74) is 0.663. The minimum Gasteiger partial charge on any atom is -0.545 e. The summed E-state index contributed by atoms with van der Waals surface area (Å²) < 4.78 is 0. The Bertz CT molecular complexity index is 1600. The SMILES string of the molecule is O=C([O-])c1ccc2ccccc2c1.O=C([O-])c1ccc2ccccc2c1.O=C([O-])c1ccc2ccccc2c1.[Bi+3]. The molecule has 0 fully saturated rings. The van der Waals surface area contributed by atoms with Gasteiger partial charge in [-0.2, -0.15) is 0 Å². The topological polar surface area (TPSA) is 120 Å². The molecule has 0 unspecified atom stereocenters. The van der Waals surface area contributed by atoms with Crippen molar-refractivity contribution in [2.45, 2.75) is 0 Å². The summed E-state index contributed by atoms with van der Waals surface area (Å²) in [7, 11) is 0. The molecule has 2 radical (unpaired) electrons. The van der Waals surface area contributed by atoms with Crippen molar-refractivity contribution in [1.82, 2.24) is 0 Å². The Morgan fingerprint density at radius 2 is 0.575 bits per heavy atom. The van der Waals surface area contributed by atoms with Crippen LogP contribution in [0.15, 0.2) is 127 Å². The predicted molar refractivity (Wildman–Crippen MR) is 151 cm³/mol. The molecule has 6 rings (SSSR count). The summed E-state index contributed by atoms with van der Waals surface area (Å²) in [6, 6.07) is 37.7. The molecular formula is C33H21BiO6. The zero-order chi connectivity index (χ0) is 27.8. The van der Waals surface area contributed by atoms with Crippen molar-refractivity contribution in [3.05, 3.63) is 144 Å². The summed E-state index contributed by atoms with van der Waals surface area (Å²) in [6.07, 6.45) is 0. The van der Waals surface area contributed by atoms with Gasteiger partial charge >= 0.3 is 26.2 Å². The molecule has 6 nitrogen and oxygen atoms in total. The molecule has 6 aromatic carbocycles. The molecule has 40 heavy (non-hydrogen) atoms. The molecule has 0 bridgehead atoms. The molecule has 0 heterocycles. The number of fused-ring (bicyclic) bond motifs is 3. The standard InChI is InChI=1S/3C11H8O2.Bi/c3*12-11(13)10-6-5-8-3-1-2-4-9(8)7-10;/h3*1-7H,(H,12,13);/q;;;+3/p-3. The van der Waals surface area contributed by atoms with E-state index in [1.54, 1.807) is 54.6 Å². The number of carbonyl (C=O) groups excluding carboxylic acids is 3. The van der Waals surface area contributed by atoms with E-state index in [4.69, 9.17) is 0 Å². The molecule has 0 atom stereocenters. The maximum absolute atomic E-state index is 10.5. The van der Waals surface area contributed by atoms with E-state index >= 15 is 0 Å². The fourth-order valence-electron chi connectivity index (χ4n) is 3.95. The minimum atomic E-state index is -1.13. The molecule has 0 amide bonds. The van der Waals surface area contributed by atoms with Crippen LogP contribution in [0.5, 0.6) is 0 Å². The van der Waals surface area contributed by atoms with Crippen molar-refractivity contribution >= 4 is 76.4 Å². The van der Waals surface area contributed by atoms with Crippen molar-refractivity contribution < 1.29 is 29.7 Å². The van der Waals surface area contributed by atoms with E-state index in [1.165, 1.54) is 0 Å². The Balaban J connectivity index is 0.000000163. The van der Waals surface area contributed by atoms with Gasteiger partial charge < -0.3 is 29.7 Å². The molecule has 7 heteroatoms. The van der Waals surface area contributed by atoms with Gasteiger partial charge in [0, 0.05) is 0 Å². The quantitative estimate of drug-likeness (QED) is 0.259. The first kappa shape index (κ1) is 29.9. The maximum Gasteiger partial charge on any atom is 3.00 e. The smallest absolute Gasteiger partial charge is 0.545 e. The van der Waals surface area contributed by atoms with Gasteiger partial charge in [-0.05, 0) is 67.2 Å². The number of hydrogen-bond acceptors (Lipinski definition) is 6. The average molecular weight is 723 g/mol. The first-order valence-electron chi connectivity index (χ1n) is 11.9. The molecule has 0 spiro atoms. The molecule has 6 aromatic rings. The molecule has 0 aliphatic heterocycles. The number of carboxylic acid groups (broad SMARTS) is 3. The van der Waals surface area contributed by atoms with E-state index in [1.807, 2.05) is 72.8 Å². The van der Waals surface area contributed by atoms with E-state index in [0.717, 1.165) is 32.3 Å². The molecule has 0 saturated heterocycles. The molecule has 194 valence electrons. The predicted octanol–water partition coefficient (Wildman–Crippen LogP) is 3.23. The van der Waals surface area contributed by atoms with E-state index < -0.39 is 17.9 Å². The second kappa shape index (κ2) is 14.0. The van der Waals surface area contributed by atoms with E-state index in [-0.39, 0.29) is 42.9 Å². The Hall–Kier alpha value is -4.61. The summed E-state index contributed by atoms with van der Waals surface area (Å²) in [5, 5.41) is 37.5. The minimum absolute atomic E-state index is 0. The summed E-state index contributed by atoms with van der Waals surface area (Å²) >= 11 is 0. The summed E-state index contributed by atoms with van der Waals surface area (Å²) in [4.78, 5) is 31.6. The van der Waals surface area contributed by atoms with Crippen LogP contribution in [0.2, 0.25) is 0 Å². The first-order chi connectivity index (χ1) is 18.8. The average Bonchev–Trinajstić information content (AvgIpc) is 2.97. The second-order valence-electron chi connectivity index (χ2n) is 8.55. The van der Waals surface area contributed by atoms with Crippen LogP contribution in [0, 0.1) is 0 Å². The number of carboxylic acids is 3. The van der Waals surface area contributed by atoms with Crippen LogP contribution >= 0.6 is 0 Å². The van der Waals surface area contributed by atoms with Gasteiger partial charge in [0.2, 0.25) is 0 Å². The van der Waals surface area contributed by atoms with Gasteiger partial charge in [0.05, 0.1) is 17.9 Å². The Kier molecular flexibility index (Phi) is 10.5. The third-order valence-electron chi connectivity index (χ3n) is 5.96. The Morgan fingerprint density at radius 1 is 0.350 bits per heavy atom. The number of hydrogen-bond donors (Lipinski definition) is 0. The van der Waals surface area contributed by atoms with Gasteiger partial charge in [0.25, 0.3) is 0 Å². The fourth-order valence-corrected chi connectivity index (χ4v) is 3.95. The number of aromatic carboxylic acids is 3. The maximum atomic E-state index is 10.5. The number of benzene rings is 6. The van der Waals surface area contributed by atoms with Gasteiger partial charge in [0.15, 0.2) is 0 Å². The normalized spacial score (nSPS) is 9.90. The van der Waals surface area contributed by atoms with Crippen molar-refractivity contribution in [1.29, 1.82) is 0 Å². The Morgan fingerprint density at radius 3 is 0.800 bits per heavy atom. The van der Waals surface area contributed by atoms with Gasteiger partial charge in [-0.25, -0.2) is 0 Å². The van der Waals surface area contributed by atoms with Gasteiger partial charge in [0.1, 0.15) is 0 Å². The summed E-state index contributed by atoms with van der Waals surface area (Å²) in [5.74, 6) is -3.40. The van der Waals surface area contributed by atoms with Crippen LogP contribution in [-0.4, -0.2) is 44.1 Å². The first-order valence-corrected chi connectivity index (χ1v) is 11.9. The van der Waals surface area contributed by atoms with E-state index in [2.05, 4.69) is 0 Å². The third-order valence-corrected chi connectivity index (χ3v) is 5.96. The zero-order valence-corrected chi connectivity index (χ0v) is 24.5. The van der Waals surface area contributed by atoms with Crippen molar-refractivity contribution in [2.24, 2.45) is 0 Å². The van der Waals surface area contributed by atoms with Crippen LogP contribution in [0.3, 0.4) is 0 Å². The largest absolute Gasteiger partial charge is 3.00 e. The van der Waals surface area contributed by atoms with Crippen molar-refractivity contribution in [2.75, 3.05) is 0 Å². The van der Waals surface area contributed by atoms with E-state index in [9.17, 15) is 29.7 Å². The molecule has 0 saturated carbocycles. The summed E-state index contributed by atoms with van der Waals surface area (Å²) in [6.45, 7) is 0. The number of rotatable bonds is 3. The molecule has 0 aromatic heterocycles. The van der Waals surface area contributed by atoms with Gasteiger partial charge in [-0.15, -0.1) is 0 Å². The molecular weight excluding hydrogens is 701 g/mol. The fraction of sp³-hybridized carbons (Fsp3) is 0. The van der Waals surface area contributed by atoms with Crippen LogP contribution in [0.25, 0.3) is 32.3 Å². The van der Waals surface area contributed by atoms with Crippen molar-refractivity contribution in [3.63, 3.8) is 0 Å². The second-order valence-corrected chi connectivity index (χ2v) is 8.55. The zero-order valence-electron chi connectivity index (χ0n) is 21.0. The van der Waals surface area contributed by atoms with Crippen LogP contribution in [0.4, 0.5) is 0 Å². The molecule has 0 N–H and O–H groups in total. The van der Waals surface area contributed by atoms with Crippen LogP contribution < -0.4 is 15.3 Å². The Labute approximate surface area is 249 Å². The van der Waals surface area contributed by atoms with Gasteiger partial charge in [-0.1, -0.05) is 109 Å². The van der Waals surface area contributed by atoms with Crippen molar-refractivity contribution in [3.8, 4) is 0 Å². The van der Waals surface area contributed by atoms with Crippen LogP contribution in [-0.2, 0) is 0 Å². The molecule has 0 aliphatic rings. The van der Waals surface area contributed by atoms with E-state index in [0.29, 0.717) is 0 Å².